The van der Waals surface area contributed by atoms with Gasteiger partial charge in [0.2, 0.25) is 0 Å². The van der Waals surface area contributed by atoms with Gasteiger partial charge >= 0.3 is 0 Å². The summed E-state index contributed by atoms with van der Waals surface area (Å²) in [4.78, 5) is 4.81. The number of aromatic nitrogens is 2. The molecule has 2 heterocycles. The first-order valence-electron chi connectivity index (χ1n) is 5.88. The molecule has 2 rings (SSSR count). The first-order chi connectivity index (χ1) is 8.24. The van der Waals surface area contributed by atoms with Gasteiger partial charge in [0, 0.05) is 39.3 Å². The summed E-state index contributed by atoms with van der Waals surface area (Å²) in [5, 5.41) is 11.4. The molecule has 1 aromatic rings. The maximum absolute atomic E-state index is 5.67. The van der Waals surface area contributed by atoms with Crippen molar-refractivity contribution in [2.24, 2.45) is 0 Å². The van der Waals surface area contributed by atoms with Gasteiger partial charge in [-0.3, -0.25) is 4.90 Å². The van der Waals surface area contributed by atoms with Crippen molar-refractivity contribution < 1.29 is 0 Å². The average Bonchev–Trinajstić information content (AvgIpc) is 2.34. The Morgan fingerprint density at radius 1 is 1.24 bits per heavy atom. The van der Waals surface area contributed by atoms with Gasteiger partial charge in [0.1, 0.15) is 5.82 Å². The van der Waals surface area contributed by atoms with Crippen LogP contribution in [-0.2, 0) is 0 Å². The highest BCUT2D eigenvalue weighted by Gasteiger charge is 2.12. The predicted molar refractivity (Wildman–Crippen MR) is 69.5 cm³/mol. The van der Waals surface area contributed by atoms with Crippen LogP contribution >= 0.6 is 11.6 Å². The highest BCUT2D eigenvalue weighted by Crippen LogP contribution is 2.05. The Bertz CT molecular complexity index is 334. The molecule has 0 aliphatic carbocycles. The van der Waals surface area contributed by atoms with Crippen molar-refractivity contribution in [3.05, 3.63) is 17.3 Å². The Labute approximate surface area is 107 Å². The molecule has 17 heavy (non-hydrogen) atoms. The van der Waals surface area contributed by atoms with E-state index in [1.807, 2.05) is 6.07 Å². The third-order valence-corrected chi connectivity index (χ3v) is 3.16. The fourth-order valence-corrected chi connectivity index (χ4v) is 1.92. The molecule has 5 nitrogen and oxygen atoms in total. The number of nitrogens with one attached hydrogen (secondary N) is 1. The van der Waals surface area contributed by atoms with Gasteiger partial charge in [-0.25, -0.2) is 0 Å². The molecular formula is C11H18ClN5. The molecule has 1 N–H and O–H groups in total. The van der Waals surface area contributed by atoms with E-state index in [1.165, 1.54) is 0 Å². The molecule has 1 aromatic heterocycles. The average molecular weight is 256 g/mol. The normalized spacial score (nSPS) is 18.2. The van der Waals surface area contributed by atoms with E-state index in [2.05, 4.69) is 32.4 Å². The zero-order valence-corrected chi connectivity index (χ0v) is 10.8. The van der Waals surface area contributed by atoms with Crippen molar-refractivity contribution >= 4 is 17.4 Å². The second kappa shape index (κ2) is 6.14. The van der Waals surface area contributed by atoms with Crippen molar-refractivity contribution in [1.29, 1.82) is 0 Å². The van der Waals surface area contributed by atoms with E-state index in [1.54, 1.807) is 6.07 Å². The summed E-state index contributed by atoms with van der Waals surface area (Å²) in [6, 6.07) is 3.59. The zero-order valence-electron chi connectivity index (χ0n) is 10.1. The van der Waals surface area contributed by atoms with Crippen LogP contribution in [0.2, 0.25) is 5.15 Å². The third-order valence-electron chi connectivity index (χ3n) is 2.96. The summed E-state index contributed by atoms with van der Waals surface area (Å²) in [5.74, 6) is 0.781. The van der Waals surface area contributed by atoms with Crippen LogP contribution in [-0.4, -0.2) is 66.3 Å². The van der Waals surface area contributed by atoms with Crippen molar-refractivity contribution in [2.45, 2.75) is 0 Å². The molecule has 0 amide bonds. The number of likely N-dealkylation sites (N-methyl/N-ethyl adjacent to an activating group) is 1. The van der Waals surface area contributed by atoms with Gasteiger partial charge in [0.15, 0.2) is 5.15 Å². The van der Waals surface area contributed by atoms with Gasteiger partial charge in [-0.15, -0.1) is 10.2 Å². The molecule has 1 aliphatic rings. The van der Waals surface area contributed by atoms with Crippen molar-refractivity contribution in [1.82, 2.24) is 20.0 Å². The number of nitrogens with zero attached hydrogens (tertiary/aromatic N) is 4. The van der Waals surface area contributed by atoms with Crippen molar-refractivity contribution in [2.75, 3.05) is 51.6 Å². The molecule has 0 saturated carbocycles. The number of rotatable bonds is 4. The number of anilines is 1. The summed E-state index contributed by atoms with van der Waals surface area (Å²) in [6.07, 6.45) is 0. The number of piperazine rings is 1. The fourth-order valence-electron chi connectivity index (χ4n) is 1.82. The van der Waals surface area contributed by atoms with E-state index < -0.39 is 0 Å². The quantitative estimate of drug-likeness (QED) is 0.862. The van der Waals surface area contributed by atoms with Gasteiger partial charge in [-0.05, 0) is 19.2 Å². The van der Waals surface area contributed by atoms with Crippen LogP contribution in [0, 0.1) is 0 Å². The first kappa shape index (κ1) is 12.5. The minimum atomic E-state index is 0.426. The maximum Gasteiger partial charge on any atom is 0.151 e. The van der Waals surface area contributed by atoms with Crippen molar-refractivity contribution in [3.63, 3.8) is 0 Å². The molecule has 0 spiro atoms. The van der Waals surface area contributed by atoms with Crippen molar-refractivity contribution in [3.8, 4) is 0 Å². The van der Waals surface area contributed by atoms with E-state index >= 15 is 0 Å². The largest absolute Gasteiger partial charge is 0.367 e. The van der Waals surface area contributed by atoms with Crippen LogP contribution in [0.15, 0.2) is 12.1 Å². The predicted octanol–water partition coefficient (Wildman–Crippen LogP) is 0.789. The molecule has 0 radical (unpaired) electrons. The summed E-state index contributed by atoms with van der Waals surface area (Å²) >= 11 is 5.67. The second-order valence-electron chi connectivity index (χ2n) is 4.31. The summed E-state index contributed by atoms with van der Waals surface area (Å²) in [6.45, 7) is 6.52. The van der Waals surface area contributed by atoms with E-state index in [4.69, 9.17) is 11.6 Å². The summed E-state index contributed by atoms with van der Waals surface area (Å²) < 4.78 is 0. The standard InChI is InChI=1S/C11H18ClN5/c1-16-6-8-17(9-7-16)5-4-13-11-3-2-10(12)14-15-11/h2-3H,4-9H2,1H3,(H,13,15). The molecule has 0 unspecified atom stereocenters. The molecule has 1 aliphatic heterocycles. The highest BCUT2D eigenvalue weighted by atomic mass is 35.5. The van der Waals surface area contributed by atoms with Crippen LogP contribution in [0.25, 0.3) is 0 Å². The first-order valence-corrected chi connectivity index (χ1v) is 6.26. The maximum atomic E-state index is 5.67. The summed E-state index contributed by atoms with van der Waals surface area (Å²) in [5.41, 5.74) is 0. The van der Waals surface area contributed by atoms with E-state index in [0.717, 1.165) is 45.1 Å². The lowest BCUT2D eigenvalue weighted by Crippen LogP contribution is -2.45. The van der Waals surface area contributed by atoms with Crippen LogP contribution in [0.3, 0.4) is 0 Å². The lowest BCUT2D eigenvalue weighted by atomic mass is 10.3. The van der Waals surface area contributed by atoms with Crippen LogP contribution < -0.4 is 5.32 Å². The number of halogens is 1. The molecule has 0 bridgehead atoms. The van der Waals surface area contributed by atoms with Crippen LogP contribution in [0.5, 0.6) is 0 Å². The van der Waals surface area contributed by atoms with Gasteiger partial charge < -0.3 is 10.2 Å². The minimum Gasteiger partial charge on any atom is -0.367 e. The number of hydrogen-bond donors (Lipinski definition) is 1. The Morgan fingerprint density at radius 2 is 2.00 bits per heavy atom. The fraction of sp³-hybridized carbons (Fsp3) is 0.636. The number of hydrogen-bond acceptors (Lipinski definition) is 5. The summed E-state index contributed by atoms with van der Waals surface area (Å²) in [7, 11) is 2.17. The Balaban J connectivity index is 1.67. The van der Waals surface area contributed by atoms with E-state index in [9.17, 15) is 0 Å². The second-order valence-corrected chi connectivity index (χ2v) is 4.70. The Hall–Kier alpha value is -0.910. The van der Waals surface area contributed by atoms with Crippen LogP contribution in [0.1, 0.15) is 0 Å². The molecule has 6 heteroatoms. The molecule has 94 valence electrons. The molecular weight excluding hydrogens is 238 g/mol. The smallest absolute Gasteiger partial charge is 0.151 e. The van der Waals surface area contributed by atoms with Gasteiger partial charge in [-0.1, -0.05) is 11.6 Å². The van der Waals surface area contributed by atoms with E-state index in [-0.39, 0.29) is 0 Å². The minimum absolute atomic E-state index is 0.426. The molecule has 1 fully saturated rings. The van der Waals surface area contributed by atoms with Gasteiger partial charge in [-0.2, -0.15) is 0 Å². The lowest BCUT2D eigenvalue weighted by Gasteiger charge is -2.32. The molecule has 0 atom stereocenters. The molecule has 0 aromatic carbocycles. The Kier molecular flexibility index (Phi) is 4.53. The SMILES string of the molecule is CN1CCN(CCNc2ccc(Cl)nn2)CC1. The lowest BCUT2D eigenvalue weighted by molar-refractivity contribution is 0.158. The van der Waals surface area contributed by atoms with E-state index in [0.29, 0.717) is 5.15 Å². The van der Waals surface area contributed by atoms with Crippen LogP contribution in [0.4, 0.5) is 5.82 Å². The third kappa shape index (κ3) is 4.11. The monoisotopic (exact) mass is 255 g/mol. The topological polar surface area (TPSA) is 44.3 Å². The Morgan fingerprint density at radius 3 is 2.65 bits per heavy atom. The zero-order chi connectivity index (χ0) is 12.1. The highest BCUT2D eigenvalue weighted by molar-refractivity contribution is 6.29. The van der Waals surface area contributed by atoms with Gasteiger partial charge in [0.05, 0.1) is 0 Å². The molecule has 1 saturated heterocycles. The van der Waals surface area contributed by atoms with Gasteiger partial charge in [0.25, 0.3) is 0 Å².